The van der Waals surface area contributed by atoms with Crippen LogP contribution in [0.1, 0.15) is 39.2 Å². The third kappa shape index (κ3) is 2.38. The van der Waals surface area contributed by atoms with Gasteiger partial charge in [-0.3, -0.25) is 9.69 Å². The maximum absolute atomic E-state index is 12.5. The van der Waals surface area contributed by atoms with Crippen molar-refractivity contribution in [2.75, 3.05) is 38.8 Å². The Labute approximate surface area is 184 Å². The molecule has 1 aromatic carbocycles. The Morgan fingerprint density at radius 2 is 2.10 bits per heavy atom. The number of hydrogen-bond donors (Lipinski definition) is 1. The predicted molar refractivity (Wildman–Crippen MR) is 119 cm³/mol. The van der Waals surface area contributed by atoms with E-state index in [0.717, 1.165) is 37.4 Å². The van der Waals surface area contributed by atoms with Crippen LogP contribution in [-0.4, -0.2) is 67.5 Å². The molecule has 1 aliphatic carbocycles. The molecule has 2 fully saturated rings. The number of carbonyl (C=O) groups is 1. The van der Waals surface area contributed by atoms with E-state index in [1.54, 1.807) is 7.11 Å². The van der Waals surface area contributed by atoms with E-state index in [4.69, 9.17) is 9.47 Å². The standard InChI is InChI=1S/C25H34N2O4/c1-6-23-10-7-12-27-13-11-24(21(23)27)19-9-8-18(30-5)14-20(19)26(4)22(24)25(29,16(23)2)15-31-17(3)28/h7-10,14,16,21-22,29H,6,11-13,15H2,1-5H3/t16-,21?,22-,23+,24-,25+/m1/s1. The summed E-state index contributed by atoms with van der Waals surface area (Å²) in [6.45, 7) is 7.76. The molecule has 1 N–H and O–H groups in total. The van der Waals surface area contributed by atoms with E-state index in [1.165, 1.54) is 12.5 Å². The Bertz CT molecular complexity index is 947. The number of methoxy groups -OCH3 is 1. The maximum Gasteiger partial charge on any atom is 0.302 e. The Kier molecular flexibility index (Phi) is 4.52. The molecule has 3 heterocycles. The second kappa shape index (κ2) is 6.72. The second-order valence-electron chi connectivity index (χ2n) is 9.95. The average molecular weight is 427 g/mol. The summed E-state index contributed by atoms with van der Waals surface area (Å²) in [5.74, 6) is 0.384. The van der Waals surface area contributed by atoms with Crippen LogP contribution < -0.4 is 9.64 Å². The zero-order valence-electron chi connectivity index (χ0n) is 19.2. The maximum atomic E-state index is 12.5. The molecule has 1 saturated heterocycles. The number of likely N-dealkylation sites (N-methyl/N-ethyl adjacent to an activating group) is 1. The fraction of sp³-hybridized carbons (Fsp3) is 0.640. The number of esters is 1. The lowest BCUT2D eigenvalue weighted by Gasteiger charge is -2.65. The van der Waals surface area contributed by atoms with Crippen molar-refractivity contribution in [2.45, 2.75) is 56.7 Å². The van der Waals surface area contributed by atoms with Crippen LogP contribution in [0.25, 0.3) is 0 Å². The summed E-state index contributed by atoms with van der Waals surface area (Å²) < 4.78 is 11.1. The van der Waals surface area contributed by atoms with Gasteiger partial charge < -0.3 is 19.5 Å². The van der Waals surface area contributed by atoms with Crippen LogP contribution in [0.3, 0.4) is 0 Å². The van der Waals surface area contributed by atoms with Crippen LogP contribution in [0, 0.1) is 11.3 Å². The molecule has 6 heteroatoms. The molecule has 1 unspecified atom stereocenters. The summed E-state index contributed by atoms with van der Waals surface area (Å²) in [5.41, 5.74) is 0.786. The number of anilines is 1. The van der Waals surface area contributed by atoms with Crippen molar-refractivity contribution < 1.29 is 19.4 Å². The lowest BCUT2D eigenvalue weighted by atomic mass is 9.45. The number of fused-ring (bicyclic) bond motifs is 1. The van der Waals surface area contributed by atoms with E-state index in [2.05, 4.69) is 55.0 Å². The van der Waals surface area contributed by atoms with Crippen LogP contribution in [0.15, 0.2) is 30.4 Å². The van der Waals surface area contributed by atoms with Gasteiger partial charge in [-0.2, -0.15) is 0 Å². The van der Waals surface area contributed by atoms with E-state index in [-0.39, 0.29) is 35.4 Å². The van der Waals surface area contributed by atoms with Gasteiger partial charge in [0, 0.05) is 55.1 Å². The topological polar surface area (TPSA) is 62.2 Å². The highest BCUT2D eigenvalue weighted by molar-refractivity contribution is 5.70. The first kappa shape index (κ1) is 20.8. The molecule has 1 aromatic rings. The molecular formula is C25H34N2O4. The van der Waals surface area contributed by atoms with Gasteiger partial charge in [-0.1, -0.05) is 32.1 Å². The molecule has 0 amide bonds. The summed E-state index contributed by atoms with van der Waals surface area (Å²) in [7, 11) is 3.76. The van der Waals surface area contributed by atoms with Crippen molar-refractivity contribution in [3.05, 3.63) is 35.9 Å². The highest BCUT2D eigenvalue weighted by Gasteiger charge is 2.75. The quantitative estimate of drug-likeness (QED) is 0.590. The SMILES string of the molecule is CC[C@]12C=CCN3CC[C@@]4(c5ccc(OC)cc5N(C)[C@H]4[C@](O)(COC(C)=O)[C@@H]1C)C32. The van der Waals surface area contributed by atoms with Crippen molar-refractivity contribution in [3.63, 3.8) is 0 Å². The molecule has 0 aromatic heterocycles. The van der Waals surface area contributed by atoms with Gasteiger partial charge in [0.25, 0.3) is 0 Å². The highest BCUT2D eigenvalue weighted by Crippen LogP contribution is 2.68. The molecule has 6 nitrogen and oxygen atoms in total. The Morgan fingerprint density at radius 3 is 2.77 bits per heavy atom. The number of ether oxygens (including phenoxy) is 2. The largest absolute Gasteiger partial charge is 0.497 e. The van der Waals surface area contributed by atoms with Crippen molar-refractivity contribution in [1.82, 2.24) is 4.90 Å². The number of hydrogen-bond acceptors (Lipinski definition) is 6. The van der Waals surface area contributed by atoms with E-state index < -0.39 is 5.60 Å². The van der Waals surface area contributed by atoms with Gasteiger partial charge in [0.05, 0.1) is 13.2 Å². The number of aliphatic hydroxyl groups is 1. The minimum atomic E-state index is -1.18. The van der Waals surface area contributed by atoms with Crippen molar-refractivity contribution >= 4 is 11.7 Å². The molecule has 1 saturated carbocycles. The van der Waals surface area contributed by atoms with Crippen molar-refractivity contribution in [3.8, 4) is 5.75 Å². The fourth-order valence-electron chi connectivity index (χ4n) is 7.86. The normalized spacial score (nSPS) is 40.3. The summed E-state index contributed by atoms with van der Waals surface area (Å²) in [6.07, 6.45) is 6.54. The van der Waals surface area contributed by atoms with E-state index in [9.17, 15) is 9.90 Å². The number of rotatable bonds is 4. The smallest absolute Gasteiger partial charge is 0.302 e. The zero-order valence-corrected chi connectivity index (χ0v) is 19.2. The van der Waals surface area contributed by atoms with Crippen LogP contribution in [0.2, 0.25) is 0 Å². The lowest BCUT2D eigenvalue weighted by Crippen LogP contribution is -2.77. The Morgan fingerprint density at radius 1 is 1.32 bits per heavy atom. The van der Waals surface area contributed by atoms with Gasteiger partial charge in [-0.15, -0.1) is 0 Å². The van der Waals surface area contributed by atoms with Crippen LogP contribution in [0.5, 0.6) is 5.75 Å². The second-order valence-corrected chi connectivity index (χ2v) is 9.95. The summed E-state index contributed by atoms with van der Waals surface area (Å²) in [6, 6.07) is 6.45. The zero-order chi connectivity index (χ0) is 22.2. The first-order valence-corrected chi connectivity index (χ1v) is 11.4. The summed E-state index contributed by atoms with van der Waals surface area (Å²) in [4.78, 5) is 16.7. The first-order chi connectivity index (χ1) is 14.8. The highest BCUT2D eigenvalue weighted by atomic mass is 16.5. The molecule has 6 atom stereocenters. The number of carbonyl (C=O) groups excluding carboxylic acids is 1. The van der Waals surface area contributed by atoms with Gasteiger partial charge >= 0.3 is 5.97 Å². The average Bonchev–Trinajstić information content (AvgIpc) is 3.28. The van der Waals surface area contributed by atoms with Crippen LogP contribution in [0.4, 0.5) is 5.69 Å². The van der Waals surface area contributed by atoms with E-state index in [0.29, 0.717) is 6.04 Å². The third-order valence-corrected chi connectivity index (χ3v) is 9.05. The first-order valence-electron chi connectivity index (χ1n) is 11.4. The molecule has 3 aliphatic heterocycles. The minimum Gasteiger partial charge on any atom is -0.497 e. The predicted octanol–water partition coefficient (Wildman–Crippen LogP) is 2.74. The molecule has 31 heavy (non-hydrogen) atoms. The van der Waals surface area contributed by atoms with Gasteiger partial charge in [0.2, 0.25) is 0 Å². The summed E-state index contributed by atoms with van der Waals surface area (Å²) >= 11 is 0. The van der Waals surface area contributed by atoms with Crippen LogP contribution >= 0.6 is 0 Å². The van der Waals surface area contributed by atoms with Gasteiger partial charge in [0.15, 0.2) is 0 Å². The van der Waals surface area contributed by atoms with Gasteiger partial charge in [-0.25, -0.2) is 0 Å². The molecule has 0 radical (unpaired) electrons. The Balaban J connectivity index is 1.78. The molecule has 1 spiro atoms. The molecule has 5 rings (SSSR count). The number of benzene rings is 1. The van der Waals surface area contributed by atoms with Crippen LogP contribution in [-0.2, 0) is 14.9 Å². The van der Waals surface area contributed by atoms with Gasteiger partial charge in [0.1, 0.15) is 18.0 Å². The fourth-order valence-corrected chi connectivity index (χ4v) is 7.86. The molecule has 4 aliphatic rings. The van der Waals surface area contributed by atoms with E-state index >= 15 is 0 Å². The Hall–Kier alpha value is -2.05. The minimum absolute atomic E-state index is 0.00763. The van der Waals surface area contributed by atoms with Gasteiger partial charge in [-0.05, 0) is 31.0 Å². The lowest BCUT2D eigenvalue weighted by molar-refractivity contribution is -0.188. The molecule has 0 bridgehead atoms. The summed E-state index contributed by atoms with van der Waals surface area (Å²) in [5, 5.41) is 12.5. The van der Waals surface area contributed by atoms with Crippen molar-refractivity contribution in [2.24, 2.45) is 11.3 Å². The monoisotopic (exact) mass is 426 g/mol. The molecular weight excluding hydrogens is 392 g/mol. The number of nitrogens with zero attached hydrogens (tertiary/aromatic N) is 2. The molecule has 168 valence electrons. The van der Waals surface area contributed by atoms with Crippen molar-refractivity contribution in [1.29, 1.82) is 0 Å². The third-order valence-electron chi connectivity index (χ3n) is 9.05. The van der Waals surface area contributed by atoms with E-state index in [1.807, 2.05) is 6.07 Å².